The highest BCUT2D eigenvalue weighted by atomic mass is 19.4. The Morgan fingerprint density at radius 2 is 0.969 bits per heavy atom. The van der Waals surface area contributed by atoms with Gasteiger partial charge in [0, 0.05) is 24.3 Å². The van der Waals surface area contributed by atoms with Gasteiger partial charge in [-0.25, -0.2) is 9.59 Å². The third-order valence-electron chi connectivity index (χ3n) is 3.50. The Hall–Kier alpha value is -4.24. The molecule has 16 heteroatoms. The molecule has 0 radical (unpaired) electrons. The highest BCUT2D eigenvalue weighted by Crippen LogP contribution is 2.35. The summed E-state index contributed by atoms with van der Waals surface area (Å²) in [5.74, 6) is -3.58. The van der Waals surface area contributed by atoms with Crippen LogP contribution in [0.4, 0.5) is 37.7 Å². The third-order valence-corrected chi connectivity index (χ3v) is 3.50. The molecule has 2 rings (SSSR count). The molecule has 32 heavy (non-hydrogen) atoms. The van der Waals surface area contributed by atoms with Gasteiger partial charge in [0.25, 0.3) is 11.4 Å². The summed E-state index contributed by atoms with van der Waals surface area (Å²) >= 11 is 0. The zero-order chi connectivity index (χ0) is 25.0. The van der Waals surface area contributed by atoms with Crippen LogP contribution in [0.25, 0.3) is 0 Å². The van der Waals surface area contributed by atoms with Gasteiger partial charge in [-0.05, 0) is 12.1 Å². The summed E-state index contributed by atoms with van der Waals surface area (Å²) in [5.41, 5.74) is -6.71. The Morgan fingerprint density at radius 1 is 0.688 bits per heavy atom. The Balaban J connectivity index is 0.000000320. The molecule has 2 aromatic rings. The van der Waals surface area contributed by atoms with E-state index in [0.717, 1.165) is 0 Å². The Labute approximate surface area is 171 Å². The Bertz CT molecular complexity index is 996. The molecule has 0 unspecified atom stereocenters. The number of nitrogens with zero attached hydrogens (tertiary/aromatic N) is 2. The minimum atomic E-state index is -4.94. The maximum absolute atomic E-state index is 12.4. The van der Waals surface area contributed by atoms with Crippen LogP contribution in [0.5, 0.6) is 0 Å². The number of rotatable bonds is 4. The van der Waals surface area contributed by atoms with Gasteiger partial charge < -0.3 is 10.2 Å². The molecule has 0 saturated heterocycles. The molecule has 0 aliphatic carbocycles. The standard InChI is InChI=1S/2C8H4F3NO4/c2*9-8(10,11)6-3-4(12(15)16)1-2-5(6)7(13)14/h2*1-3H,(H,13,14). The molecular weight excluding hydrogens is 462 g/mol. The number of carboxylic acids is 2. The first-order chi connectivity index (χ1) is 14.5. The highest BCUT2D eigenvalue weighted by Gasteiger charge is 2.37. The first-order valence-corrected chi connectivity index (χ1v) is 7.64. The molecule has 0 heterocycles. The van der Waals surface area contributed by atoms with E-state index in [2.05, 4.69) is 0 Å². The Kier molecular flexibility index (Phi) is 7.48. The van der Waals surface area contributed by atoms with Gasteiger partial charge in [-0.2, -0.15) is 26.3 Å². The van der Waals surface area contributed by atoms with Crippen molar-refractivity contribution < 1.29 is 56.0 Å². The number of nitro benzene ring substituents is 2. The maximum Gasteiger partial charge on any atom is 0.417 e. The molecule has 0 aliphatic rings. The summed E-state index contributed by atoms with van der Waals surface area (Å²) in [7, 11) is 0. The monoisotopic (exact) mass is 470 g/mol. The summed E-state index contributed by atoms with van der Waals surface area (Å²) < 4.78 is 74.2. The highest BCUT2D eigenvalue weighted by molar-refractivity contribution is 5.90. The zero-order valence-corrected chi connectivity index (χ0v) is 15.0. The number of benzene rings is 2. The number of nitro groups is 2. The molecule has 2 N–H and O–H groups in total. The van der Waals surface area contributed by atoms with Crippen LogP contribution in [0.3, 0.4) is 0 Å². The van der Waals surface area contributed by atoms with Crippen molar-refractivity contribution in [1.82, 2.24) is 0 Å². The number of carbonyl (C=O) groups is 2. The van der Waals surface area contributed by atoms with Crippen LogP contribution in [0.15, 0.2) is 36.4 Å². The van der Waals surface area contributed by atoms with Crippen LogP contribution in [0.1, 0.15) is 31.8 Å². The Morgan fingerprint density at radius 3 is 1.16 bits per heavy atom. The first kappa shape index (κ1) is 25.8. The van der Waals surface area contributed by atoms with E-state index in [1.807, 2.05) is 0 Å². The second-order valence-corrected chi connectivity index (χ2v) is 5.58. The van der Waals surface area contributed by atoms with Gasteiger partial charge in [0.05, 0.1) is 32.1 Å². The fourth-order valence-electron chi connectivity index (χ4n) is 2.13. The minimum absolute atomic E-state index is 0.198. The lowest BCUT2D eigenvalue weighted by Crippen LogP contribution is -2.13. The molecule has 0 aromatic heterocycles. The van der Waals surface area contributed by atoms with Crippen LogP contribution in [0.2, 0.25) is 0 Å². The average molecular weight is 470 g/mol. The van der Waals surface area contributed by atoms with Crippen LogP contribution >= 0.6 is 0 Å². The van der Waals surface area contributed by atoms with Gasteiger partial charge in [0.15, 0.2) is 0 Å². The van der Waals surface area contributed by atoms with Crippen molar-refractivity contribution in [3.05, 3.63) is 78.9 Å². The topological polar surface area (TPSA) is 161 Å². The molecule has 172 valence electrons. The smallest absolute Gasteiger partial charge is 0.417 e. The SMILES string of the molecule is O=C(O)c1ccc([N+](=O)[O-])cc1C(F)(F)F.O=C(O)c1ccc([N+](=O)[O-])cc1C(F)(F)F. The fraction of sp³-hybridized carbons (Fsp3) is 0.125. The van der Waals surface area contributed by atoms with Crippen LogP contribution in [0, 0.1) is 20.2 Å². The number of hydrogen-bond acceptors (Lipinski definition) is 6. The van der Waals surface area contributed by atoms with Crippen molar-refractivity contribution in [3.8, 4) is 0 Å². The average Bonchev–Trinajstić information content (AvgIpc) is 2.65. The lowest BCUT2D eigenvalue weighted by atomic mass is 10.1. The van der Waals surface area contributed by atoms with E-state index in [1.165, 1.54) is 0 Å². The lowest BCUT2D eigenvalue weighted by Gasteiger charge is -2.09. The molecule has 2 aromatic carbocycles. The fourth-order valence-corrected chi connectivity index (χ4v) is 2.13. The van der Waals surface area contributed by atoms with Gasteiger partial charge >= 0.3 is 24.3 Å². The van der Waals surface area contributed by atoms with E-state index >= 15 is 0 Å². The molecular formula is C16H8F6N2O8. The molecule has 0 atom stereocenters. The van der Waals surface area contributed by atoms with E-state index in [1.54, 1.807) is 0 Å². The van der Waals surface area contributed by atoms with Crippen molar-refractivity contribution in [3.63, 3.8) is 0 Å². The maximum atomic E-state index is 12.4. The lowest BCUT2D eigenvalue weighted by molar-refractivity contribution is -0.385. The van der Waals surface area contributed by atoms with Crippen LogP contribution in [-0.4, -0.2) is 32.0 Å². The summed E-state index contributed by atoms with van der Waals surface area (Å²) in [4.78, 5) is 39.4. The van der Waals surface area contributed by atoms with E-state index in [9.17, 15) is 56.2 Å². The normalized spacial score (nSPS) is 11.2. The number of hydrogen-bond donors (Lipinski definition) is 2. The number of aromatic carboxylic acids is 2. The van der Waals surface area contributed by atoms with Crippen molar-refractivity contribution in [2.45, 2.75) is 12.4 Å². The van der Waals surface area contributed by atoms with E-state index in [-0.39, 0.29) is 12.1 Å². The number of non-ortho nitro benzene ring substituents is 2. The minimum Gasteiger partial charge on any atom is -0.478 e. The van der Waals surface area contributed by atoms with Crippen LogP contribution in [-0.2, 0) is 12.4 Å². The molecule has 0 amide bonds. The third kappa shape index (κ3) is 6.38. The number of halogens is 6. The van der Waals surface area contributed by atoms with Gasteiger partial charge in [-0.3, -0.25) is 20.2 Å². The molecule has 0 aliphatic heterocycles. The second-order valence-electron chi connectivity index (χ2n) is 5.58. The molecule has 0 saturated carbocycles. The van der Waals surface area contributed by atoms with Crippen molar-refractivity contribution in [2.75, 3.05) is 0 Å². The predicted octanol–water partition coefficient (Wildman–Crippen LogP) is 4.62. The van der Waals surface area contributed by atoms with Crippen molar-refractivity contribution in [1.29, 1.82) is 0 Å². The first-order valence-electron chi connectivity index (χ1n) is 7.64. The zero-order valence-electron chi connectivity index (χ0n) is 15.0. The second kappa shape index (κ2) is 9.27. The van der Waals surface area contributed by atoms with Gasteiger partial charge in [0.1, 0.15) is 0 Å². The van der Waals surface area contributed by atoms with Crippen molar-refractivity contribution >= 4 is 23.3 Å². The summed E-state index contributed by atoms with van der Waals surface area (Å²) in [6, 6.07) is 2.93. The summed E-state index contributed by atoms with van der Waals surface area (Å²) in [6.45, 7) is 0. The molecule has 0 spiro atoms. The van der Waals surface area contributed by atoms with E-state index in [4.69, 9.17) is 10.2 Å². The quantitative estimate of drug-likeness (QED) is 0.372. The summed E-state index contributed by atoms with van der Waals surface area (Å²) in [6.07, 6.45) is -9.89. The summed E-state index contributed by atoms with van der Waals surface area (Å²) in [5, 5.41) is 37.5. The number of carboxylic acid groups (broad SMARTS) is 2. The van der Waals surface area contributed by atoms with Gasteiger partial charge in [0.2, 0.25) is 0 Å². The molecule has 10 nitrogen and oxygen atoms in total. The van der Waals surface area contributed by atoms with Crippen LogP contribution < -0.4 is 0 Å². The van der Waals surface area contributed by atoms with Crippen molar-refractivity contribution in [2.24, 2.45) is 0 Å². The number of alkyl halides is 6. The largest absolute Gasteiger partial charge is 0.478 e. The molecule has 0 bridgehead atoms. The van der Waals surface area contributed by atoms with Gasteiger partial charge in [-0.1, -0.05) is 0 Å². The van der Waals surface area contributed by atoms with E-state index in [0.29, 0.717) is 24.3 Å². The van der Waals surface area contributed by atoms with E-state index < -0.39 is 67.8 Å². The van der Waals surface area contributed by atoms with Gasteiger partial charge in [-0.15, -0.1) is 0 Å². The predicted molar refractivity (Wildman–Crippen MR) is 90.1 cm³/mol. The molecule has 0 fully saturated rings.